The van der Waals surface area contributed by atoms with Crippen LogP contribution in [0.4, 0.5) is 17.1 Å². The SMILES string of the molecule is CCN(Cc1ccccc1)c1ccc(C(c2ccc(N(C)C)cc2)c2ccc(N(CC)Cc3ccccc3)cc2)cc1. The number of hydrogen-bond donors (Lipinski definition) is 0. The van der Waals surface area contributed by atoms with Gasteiger partial charge in [-0.25, -0.2) is 0 Å². The molecular formula is C39H43N3. The molecule has 0 bridgehead atoms. The molecule has 0 amide bonds. The normalized spacial score (nSPS) is 11.0. The van der Waals surface area contributed by atoms with E-state index < -0.39 is 0 Å². The van der Waals surface area contributed by atoms with Gasteiger partial charge in [-0.15, -0.1) is 0 Å². The van der Waals surface area contributed by atoms with Gasteiger partial charge < -0.3 is 14.7 Å². The Morgan fingerprint density at radius 3 is 1.07 bits per heavy atom. The fourth-order valence-electron chi connectivity index (χ4n) is 5.68. The van der Waals surface area contributed by atoms with Crippen molar-refractivity contribution in [2.45, 2.75) is 32.9 Å². The Kier molecular flexibility index (Phi) is 9.61. The van der Waals surface area contributed by atoms with Crippen molar-refractivity contribution in [1.29, 1.82) is 0 Å². The smallest absolute Gasteiger partial charge is 0.0429 e. The summed E-state index contributed by atoms with van der Waals surface area (Å²) in [5, 5.41) is 0. The fourth-order valence-corrected chi connectivity index (χ4v) is 5.68. The van der Waals surface area contributed by atoms with Crippen LogP contribution < -0.4 is 14.7 Å². The first-order valence-corrected chi connectivity index (χ1v) is 15.1. The molecule has 0 saturated heterocycles. The first kappa shape index (κ1) is 29.0. The van der Waals surface area contributed by atoms with Gasteiger partial charge in [0.1, 0.15) is 0 Å². The van der Waals surface area contributed by atoms with Crippen molar-refractivity contribution in [2.24, 2.45) is 0 Å². The highest BCUT2D eigenvalue weighted by Gasteiger charge is 2.18. The largest absolute Gasteiger partial charge is 0.378 e. The van der Waals surface area contributed by atoms with Gasteiger partial charge in [0.2, 0.25) is 0 Å². The first-order valence-electron chi connectivity index (χ1n) is 15.1. The average molecular weight is 554 g/mol. The molecule has 0 aliphatic carbocycles. The van der Waals surface area contributed by atoms with Crippen molar-refractivity contribution in [3.8, 4) is 0 Å². The number of hydrogen-bond acceptors (Lipinski definition) is 3. The molecule has 5 rings (SSSR count). The summed E-state index contributed by atoms with van der Waals surface area (Å²) in [6.07, 6.45) is 0. The van der Waals surface area contributed by atoms with E-state index in [0.29, 0.717) is 0 Å². The predicted octanol–water partition coefficient (Wildman–Crippen LogP) is 8.99. The van der Waals surface area contributed by atoms with Crippen LogP contribution in [-0.4, -0.2) is 27.2 Å². The first-order chi connectivity index (χ1) is 20.6. The van der Waals surface area contributed by atoms with Crippen molar-refractivity contribution in [3.63, 3.8) is 0 Å². The van der Waals surface area contributed by atoms with Crippen molar-refractivity contribution < 1.29 is 0 Å². The molecule has 3 nitrogen and oxygen atoms in total. The second kappa shape index (κ2) is 13.9. The zero-order valence-electron chi connectivity index (χ0n) is 25.4. The van der Waals surface area contributed by atoms with Crippen LogP contribution in [0.3, 0.4) is 0 Å². The molecule has 5 aromatic rings. The number of anilines is 3. The molecule has 5 aromatic carbocycles. The van der Waals surface area contributed by atoms with Crippen molar-refractivity contribution in [1.82, 2.24) is 0 Å². The van der Waals surface area contributed by atoms with Gasteiger partial charge in [-0.1, -0.05) is 97.1 Å². The van der Waals surface area contributed by atoms with Gasteiger partial charge in [-0.3, -0.25) is 0 Å². The van der Waals surface area contributed by atoms with E-state index in [9.17, 15) is 0 Å². The highest BCUT2D eigenvalue weighted by atomic mass is 15.1. The van der Waals surface area contributed by atoms with Crippen LogP contribution in [0.25, 0.3) is 0 Å². The molecule has 0 N–H and O–H groups in total. The Hall–Kier alpha value is -4.50. The topological polar surface area (TPSA) is 9.72 Å². The van der Waals surface area contributed by atoms with E-state index in [1.54, 1.807) is 0 Å². The Morgan fingerprint density at radius 2 is 0.762 bits per heavy atom. The summed E-state index contributed by atoms with van der Waals surface area (Å²) in [5.41, 5.74) is 10.3. The fraction of sp³-hybridized carbons (Fsp3) is 0.231. The molecule has 0 unspecified atom stereocenters. The third kappa shape index (κ3) is 7.03. The Labute approximate surface area is 252 Å². The second-order valence-corrected chi connectivity index (χ2v) is 11.1. The summed E-state index contributed by atoms with van der Waals surface area (Å²) in [7, 11) is 4.18. The molecule has 214 valence electrons. The van der Waals surface area contributed by atoms with Gasteiger partial charge in [-0.05, 0) is 78.1 Å². The molecule has 42 heavy (non-hydrogen) atoms. The quantitative estimate of drug-likeness (QED) is 0.143. The van der Waals surface area contributed by atoms with Crippen LogP contribution >= 0.6 is 0 Å². The van der Waals surface area contributed by atoms with E-state index in [2.05, 4.69) is 176 Å². The molecule has 0 spiro atoms. The van der Waals surface area contributed by atoms with E-state index in [1.165, 1.54) is 44.9 Å². The predicted molar refractivity (Wildman–Crippen MR) is 181 cm³/mol. The van der Waals surface area contributed by atoms with E-state index >= 15 is 0 Å². The summed E-state index contributed by atoms with van der Waals surface area (Å²) in [5.74, 6) is 0.151. The van der Waals surface area contributed by atoms with Crippen molar-refractivity contribution >= 4 is 17.1 Å². The average Bonchev–Trinajstić information content (AvgIpc) is 3.04. The minimum Gasteiger partial charge on any atom is -0.378 e. The summed E-state index contributed by atoms with van der Waals surface area (Å²) in [6.45, 7) is 8.19. The maximum absolute atomic E-state index is 2.43. The lowest BCUT2D eigenvalue weighted by Gasteiger charge is -2.26. The van der Waals surface area contributed by atoms with Crippen LogP contribution in [0.5, 0.6) is 0 Å². The lowest BCUT2D eigenvalue weighted by molar-refractivity contribution is 0.829. The van der Waals surface area contributed by atoms with Crippen LogP contribution in [0.1, 0.15) is 47.6 Å². The standard InChI is InChI=1S/C39H43N3/c1-5-41(29-31-13-9-7-10-14-31)37-25-19-34(20-26-37)39(33-17-23-36(24-18-33)40(3)4)35-21-27-38(28-22-35)42(6-2)30-32-15-11-8-12-16-32/h7-28,39H,5-6,29-30H2,1-4H3. The van der Waals surface area contributed by atoms with Gasteiger partial charge in [-0.2, -0.15) is 0 Å². The zero-order valence-corrected chi connectivity index (χ0v) is 25.4. The van der Waals surface area contributed by atoms with Gasteiger partial charge in [0, 0.05) is 63.3 Å². The minimum atomic E-state index is 0.151. The number of rotatable bonds is 12. The van der Waals surface area contributed by atoms with Crippen LogP contribution in [0.15, 0.2) is 133 Å². The van der Waals surface area contributed by atoms with Crippen LogP contribution in [0, 0.1) is 0 Å². The molecule has 0 aliphatic heterocycles. The van der Waals surface area contributed by atoms with Gasteiger partial charge in [0.15, 0.2) is 0 Å². The van der Waals surface area contributed by atoms with Crippen LogP contribution in [-0.2, 0) is 13.1 Å². The molecule has 0 aromatic heterocycles. The number of nitrogens with zero attached hydrogens (tertiary/aromatic N) is 3. The molecule has 0 radical (unpaired) electrons. The van der Waals surface area contributed by atoms with Crippen LogP contribution in [0.2, 0.25) is 0 Å². The number of benzene rings is 5. The lowest BCUT2D eigenvalue weighted by atomic mass is 9.85. The summed E-state index contributed by atoms with van der Waals surface area (Å²) in [4.78, 5) is 7.02. The highest BCUT2D eigenvalue weighted by Crippen LogP contribution is 2.35. The Bertz CT molecular complexity index is 1400. The third-order valence-electron chi connectivity index (χ3n) is 8.12. The van der Waals surface area contributed by atoms with Gasteiger partial charge in [0.25, 0.3) is 0 Å². The van der Waals surface area contributed by atoms with E-state index in [4.69, 9.17) is 0 Å². The lowest BCUT2D eigenvalue weighted by Crippen LogP contribution is -2.22. The molecule has 0 saturated carbocycles. The summed E-state index contributed by atoms with van der Waals surface area (Å²) >= 11 is 0. The van der Waals surface area contributed by atoms with Crippen molar-refractivity contribution in [3.05, 3.63) is 161 Å². The molecule has 0 heterocycles. The molecular weight excluding hydrogens is 510 g/mol. The van der Waals surface area contributed by atoms with Gasteiger partial charge in [0.05, 0.1) is 0 Å². The Morgan fingerprint density at radius 1 is 0.429 bits per heavy atom. The molecule has 0 fully saturated rings. The zero-order chi connectivity index (χ0) is 29.3. The van der Waals surface area contributed by atoms with E-state index in [-0.39, 0.29) is 5.92 Å². The molecule has 0 aliphatic rings. The Balaban J connectivity index is 1.44. The summed E-state index contributed by atoms with van der Waals surface area (Å²) in [6, 6.07) is 48.9. The molecule has 0 atom stereocenters. The van der Waals surface area contributed by atoms with E-state index in [1.807, 2.05) is 0 Å². The van der Waals surface area contributed by atoms with Crippen molar-refractivity contribution in [2.75, 3.05) is 41.9 Å². The maximum atomic E-state index is 2.43. The maximum Gasteiger partial charge on any atom is 0.0429 e. The van der Waals surface area contributed by atoms with E-state index in [0.717, 1.165) is 26.2 Å². The highest BCUT2D eigenvalue weighted by molar-refractivity contribution is 5.56. The minimum absolute atomic E-state index is 0.151. The molecule has 3 heteroatoms. The summed E-state index contributed by atoms with van der Waals surface area (Å²) < 4.78 is 0. The third-order valence-corrected chi connectivity index (χ3v) is 8.12. The second-order valence-electron chi connectivity index (χ2n) is 11.1. The monoisotopic (exact) mass is 553 g/mol. The van der Waals surface area contributed by atoms with Gasteiger partial charge >= 0.3 is 0 Å².